The topological polar surface area (TPSA) is 68.1 Å². The standard InChI is InChI=1S/C24H29ClN4O3/c1-31-22-6-3-2-5-19(22)20(21-16-27-23-8-7-18(25)17-29(21)23)15-24(30)26-9-4-10-28-11-13-32-14-12-28/h2-3,5-8,16-17,20H,4,9-15H2,1H3,(H,26,30). The second-order valence-corrected chi connectivity index (χ2v) is 8.35. The number of imidazole rings is 1. The molecule has 0 bridgehead atoms. The molecule has 0 spiro atoms. The van der Waals surface area contributed by atoms with Crippen molar-refractivity contribution in [2.45, 2.75) is 18.8 Å². The van der Waals surface area contributed by atoms with E-state index in [-0.39, 0.29) is 18.2 Å². The van der Waals surface area contributed by atoms with Gasteiger partial charge in [0.15, 0.2) is 0 Å². The summed E-state index contributed by atoms with van der Waals surface area (Å²) >= 11 is 6.25. The maximum atomic E-state index is 12.9. The van der Waals surface area contributed by atoms with Crippen molar-refractivity contribution in [3.05, 3.63) is 65.1 Å². The van der Waals surface area contributed by atoms with E-state index in [0.717, 1.165) is 61.9 Å². The first-order valence-electron chi connectivity index (χ1n) is 11.0. The van der Waals surface area contributed by atoms with Gasteiger partial charge in [-0.15, -0.1) is 0 Å². The number of para-hydroxylation sites is 1. The van der Waals surface area contributed by atoms with Gasteiger partial charge in [-0.1, -0.05) is 29.8 Å². The molecule has 4 rings (SSSR count). The summed E-state index contributed by atoms with van der Waals surface area (Å²) < 4.78 is 12.9. The molecule has 1 aliphatic heterocycles. The quantitative estimate of drug-likeness (QED) is 0.500. The van der Waals surface area contributed by atoms with Crippen molar-refractivity contribution < 1.29 is 14.3 Å². The summed E-state index contributed by atoms with van der Waals surface area (Å²) in [6.45, 7) is 5.10. The van der Waals surface area contributed by atoms with Crippen LogP contribution < -0.4 is 10.1 Å². The van der Waals surface area contributed by atoms with Gasteiger partial charge in [-0.25, -0.2) is 4.98 Å². The van der Waals surface area contributed by atoms with Gasteiger partial charge < -0.3 is 19.2 Å². The molecule has 1 unspecified atom stereocenters. The molecule has 0 saturated carbocycles. The Hall–Kier alpha value is -2.61. The Morgan fingerprint density at radius 3 is 2.88 bits per heavy atom. The number of nitrogens with one attached hydrogen (secondary N) is 1. The van der Waals surface area contributed by atoms with E-state index in [0.29, 0.717) is 11.6 Å². The lowest BCUT2D eigenvalue weighted by molar-refractivity contribution is -0.121. The minimum Gasteiger partial charge on any atom is -0.496 e. The zero-order valence-electron chi connectivity index (χ0n) is 18.3. The van der Waals surface area contributed by atoms with E-state index in [1.807, 2.05) is 53.2 Å². The van der Waals surface area contributed by atoms with Crippen molar-refractivity contribution in [1.82, 2.24) is 19.6 Å². The highest BCUT2D eigenvalue weighted by molar-refractivity contribution is 6.30. The van der Waals surface area contributed by atoms with Crippen LogP contribution in [0.5, 0.6) is 5.75 Å². The zero-order valence-corrected chi connectivity index (χ0v) is 19.1. The summed E-state index contributed by atoms with van der Waals surface area (Å²) in [7, 11) is 1.65. The molecular weight excluding hydrogens is 428 g/mol. The fourth-order valence-corrected chi connectivity index (χ4v) is 4.33. The number of pyridine rings is 1. The average molecular weight is 457 g/mol. The number of rotatable bonds is 9. The molecule has 1 amide bonds. The van der Waals surface area contributed by atoms with Crippen LogP contribution in [0.3, 0.4) is 0 Å². The zero-order chi connectivity index (χ0) is 22.3. The minimum atomic E-state index is -0.223. The van der Waals surface area contributed by atoms with E-state index in [1.165, 1.54) is 0 Å². The number of nitrogens with zero attached hydrogens (tertiary/aromatic N) is 3. The smallest absolute Gasteiger partial charge is 0.221 e. The predicted molar refractivity (Wildman–Crippen MR) is 125 cm³/mol. The van der Waals surface area contributed by atoms with Crippen molar-refractivity contribution in [3.63, 3.8) is 0 Å². The summed E-state index contributed by atoms with van der Waals surface area (Å²) in [6.07, 6.45) is 4.85. The van der Waals surface area contributed by atoms with Crippen molar-refractivity contribution in [2.75, 3.05) is 46.5 Å². The first-order valence-corrected chi connectivity index (χ1v) is 11.4. The van der Waals surface area contributed by atoms with Crippen LogP contribution in [0.15, 0.2) is 48.8 Å². The number of fused-ring (bicyclic) bond motifs is 1. The van der Waals surface area contributed by atoms with Gasteiger partial charge >= 0.3 is 0 Å². The molecule has 2 aromatic heterocycles. The summed E-state index contributed by atoms with van der Waals surface area (Å²) in [5.41, 5.74) is 2.63. The Kier molecular flexibility index (Phi) is 7.63. The van der Waals surface area contributed by atoms with Gasteiger partial charge in [0.05, 0.1) is 31.0 Å². The molecule has 0 radical (unpaired) electrons. The Morgan fingerprint density at radius 2 is 2.06 bits per heavy atom. The fourth-order valence-electron chi connectivity index (χ4n) is 4.17. The van der Waals surface area contributed by atoms with Crippen molar-refractivity contribution in [2.24, 2.45) is 0 Å². The molecule has 1 aromatic carbocycles. The van der Waals surface area contributed by atoms with E-state index in [2.05, 4.69) is 15.2 Å². The lowest BCUT2D eigenvalue weighted by atomic mass is 9.91. The molecule has 3 aromatic rings. The summed E-state index contributed by atoms with van der Waals surface area (Å²) in [5.74, 6) is 0.522. The molecular formula is C24H29ClN4O3. The summed E-state index contributed by atoms with van der Waals surface area (Å²) in [4.78, 5) is 19.8. The van der Waals surface area contributed by atoms with E-state index in [4.69, 9.17) is 21.1 Å². The highest BCUT2D eigenvalue weighted by Gasteiger charge is 2.24. The number of halogens is 1. The largest absolute Gasteiger partial charge is 0.496 e. The molecule has 3 heterocycles. The van der Waals surface area contributed by atoms with Gasteiger partial charge in [-0.2, -0.15) is 0 Å². The molecule has 170 valence electrons. The highest BCUT2D eigenvalue weighted by atomic mass is 35.5. The number of hydrogen-bond acceptors (Lipinski definition) is 5. The third kappa shape index (κ3) is 5.41. The molecule has 1 N–H and O–H groups in total. The predicted octanol–water partition coefficient (Wildman–Crippen LogP) is 3.36. The molecule has 1 fully saturated rings. The number of carbonyl (C=O) groups is 1. The van der Waals surface area contributed by atoms with Crippen molar-refractivity contribution >= 4 is 23.2 Å². The van der Waals surface area contributed by atoms with Crippen LogP contribution in [-0.4, -0.2) is 66.7 Å². The number of carbonyl (C=O) groups excluding carboxylic acids is 1. The van der Waals surface area contributed by atoms with Crippen LogP contribution in [0.25, 0.3) is 5.65 Å². The average Bonchev–Trinajstić information content (AvgIpc) is 3.24. The van der Waals surface area contributed by atoms with Gasteiger partial charge in [-0.3, -0.25) is 9.69 Å². The van der Waals surface area contributed by atoms with Gasteiger partial charge in [0.2, 0.25) is 5.91 Å². The Morgan fingerprint density at radius 1 is 1.25 bits per heavy atom. The Labute approximate surface area is 193 Å². The normalized spacial score (nSPS) is 15.6. The van der Waals surface area contributed by atoms with Crippen molar-refractivity contribution in [1.29, 1.82) is 0 Å². The van der Waals surface area contributed by atoms with Crippen LogP contribution >= 0.6 is 11.6 Å². The molecule has 1 aliphatic rings. The fraction of sp³-hybridized carbons (Fsp3) is 0.417. The summed E-state index contributed by atoms with van der Waals surface area (Å²) in [6, 6.07) is 11.5. The third-order valence-electron chi connectivity index (χ3n) is 5.84. The monoisotopic (exact) mass is 456 g/mol. The lowest BCUT2D eigenvalue weighted by Gasteiger charge is -2.26. The number of methoxy groups -OCH3 is 1. The second kappa shape index (κ2) is 10.8. The molecule has 32 heavy (non-hydrogen) atoms. The van der Waals surface area contributed by atoms with E-state index < -0.39 is 0 Å². The molecule has 1 saturated heterocycles. The van der Waals surface area contributed by atoms with Gasteiger partial charge in [0, 0.05) is 49.9 Å². The maximum absolute atomic E-state index is 12.9. The van der Waals surface area contributed by atoms with Gasteiger partial charge in [0.1, 0.15) is 11.4 Å². The molecule has 1 atom stereocenters. The lowest BCUT2D eigenvalue weighted by Crippen LogP contribution is -2.38. The SMILES string of the molecule is COc1ccccc1C(CC(=O)NCCCN1CCOCC1)c1cnc2ccc(Cl)cn12. The number of benzene rings is 1. The minimum absolute atomic E-state index is 0.000128. The first-order chi connectivity index (χ1) is 15.7. The maximum Gasteiger partial charge on any atom is 0.221 e. The van der Waals surface area contributed by atoms with Crippen LogP contribution in [0, 0.1) is 0 Å². The molecule has 0 aliphatic carbocycles. The highest BCUT2D eigenvalue weighted by Crippen LogP contribution is 2.35. The number of morpholine rings is 1. The first kappa shape index (κ1) is 22.6. The summed E-state index contributed by atoms with van der Waals surface area (Å²) in [5, 5.41) is 3.70. The van der Waals surface area contributed by atoms with Gasteiger partial charge in [0.25, 0.3) is 0 Å². The number of amides is 1. The van der Waals surface area contributed by atoms with Crippen LogP contribution in [-0.2, 0) is 9.53 Å². The van der Waals surface area contributed by atoms with E-state index >= 15 is 0 Å². The Bertz CT molecular complexity index is 1050. The number of hydrogen-bond donors (Lipinski definition) is 1. The third-order valence-corrected chi connectivity index (χ3v) is 6.06. The molecule has 8 heteroatoms. The van der Waals surface area contributed by atoms with Gasteiger partial charge in [-0.05, 0) is 31.2 Å². The van der Waals surface area contributed by atoms with Crippen LogP contribution in [0.2, 0.25) is 5.02 Å². The molecule has 7 nitrogen and oxygen atoms in total. The number of ether oxygens (including phenoxy) is 2. The van der Waals surface area contributed by atoms with E-state index in [1.54, 1.807) is 7.11 Å². The number of aromatic nitrogens is 2. The van der Waals surface area contributed by atoms with Crippen LogP contribution in [0.1, 0.15) is 30.0 Å². The second-order valence-electron chi connectivity index (χ2n) is 7.91. The Balaban J connectivity index is 1.49. The van der Waals surface area contributed by atoms with Crippen LogP contribution in [0.4, 0.5) is 0 Å². The van der Waals surface area contributed by atoms with E-state index in [9.17, 15) is 4.79 Å². The van der Waals surface area contributed by atoms with Crippen molar-refractivity contribution in [3.8, 4) is 5.75 Å².